The summed E-state index contributed by atoms with van der Waals surface area (Å²) in [6, 6.07) is 4.43. The van der Waals surface area contributed by atoms with Gasteiger partial charge in [0.15, 0.2) is 0 Å². The van der Waals surface area contributed by atoms with Gasteiger partial charge in [-0.15, -0.1) is 0 Å². The third-order valence-electron chi connectivity index (χ3n) is 1.84. The first-order valence-corrected chi connectivity index (χ1v) is 4.59. The highest BCUT2D eigenvalue weighted by Crippen LogP contribution is 2.08. The maximum absolute atomic E-state index is 12.7. The summed E-state index contributed by atoms with van der Waals surface area (Å²) in [4.78, 5) is 10.5. The van der Waals surface area contributed by atoms with Gasteiger partial charge in [-0.05, 0) is 30.7 Å². The van der Waals surface area contributed by atoms with E-state index >= 15 is 0 Å². The lowest BCUT2D eigenvalue weighted by Gasteiger charge is -1.97. The van der Waals surface area contributed by atoms with Crippen LogP contribution in [0.25, 0.3) is 0 Å². The van der Waals surface area contributed by atoms with Gasteiger partial charge in [-0.1, -0.05) is 11.8 Å². The maximum Gasteiger partial charge on any atom is 0.217 e. The van der Waals surface area contributed by atoms with Gasteiger partial charge >= 0.3 is 0 Å². The molecule has 1 amide bonds. The van der Waals surface area contributed by atoms with Gasteiger partial charge in [-0.25, -0.2) is 4.39 Å². The zero-order valence-electron chi connectivity index (χ0n) is 8.73. The molecule has 0 unspecified atom stereocenters. The molecule has 78 valence electrons. The number of carbonyl (C=O) groups is 1. The molecule has 0 aliphatic heterocycles. The van der Waals surface area contributed by atoms with Gasteiger partial charge in [0.05, 0.1) is 6.54 Å². The van der Waals surface area contributed by atoms with Crippen molar-refractivity contribution < 1.29 is 9.18 Å². The molecule has 0 aliphatic carbocycles. The minimum absolute atomic E-state index is 0.111. The summed E-state index contributed by atoms with van der Waals surface area (Å²) in [5, 5.41) is 2.56. The van der Waals surface area contributed by atoms with Crippen molar-refractivity contribution in [3.05, 3.63) is 35.1 Å². The number of halogens is 1. The summed E-state index contributed by atoms with van der Waals surface area (Å²) in [6.07, 6.45) is 0. The molecule has 0 spiro atoms. The van der Waals surface area contributed by atoms with Gasteiger partial charge in [0, 0.05) is 12.5 Å². The van der Waals surface area contributed by atoms with Gasteiger partial charge in [0.25, 0.3) is 0 Å². The van der Waals surface area contributed by atoms with Crippen LogP contribution in [0.2, 0.25) is 0 Å². The number of nitrogens with one attached hydrogen (secondary N) is 1. The van der Waals surface area contributed by atoms with Crippen LogP contribution in [-0.2, 0) is 4.79 Å². The van der Waals surface area contributed by atoms with Crippen molar-refractivity contribution >= 4 is 5.91 Å². The monoisotopic (exact) mass is 205 g/mol. The van der Waals surface area contributed by atoms with E-state index in [-0.39, 0.29) is 11.7 Å². The van der Waals surface area contributed by atoms with Crippen molar-refractivity contribution in [3.8, 4) is 11.8 Å². The Bertz CT molecular complexity index is 429. The summed E-state index contributed by atoms with van der Waals surface area (Å²) < 4.78 is 12.7. The Morgan fingerprint density at radius 2 is 2.27 bits per heavy atom. The number of aryl methyl sites for hydroxylation is 1. The quantitative estimate of drug-likeness (QED) is 0.693. The predicted molar refractivity (Wildman–Crippen MR) is 56.7 cm³/mol. The molecule has 1 N–H and O–H groups in total. The molecule has 0 radical (unpaired) electrons. The minimum Gasteiger partial charge on any atom is -0.345 e. The van der Waals surface area contributed by atoms with Gasteiger partial charge in [-0.2, -0.15) is 0 Å². The van der Waals surface area contributed by atoms with Crippen molar-refractivity contribution in [1.29, 1.82) is 0 Å². The fourth-order valence-corrected chi connectivity index (χ4v) is 1.08. The first-order valence-electron chi connectivity index (χ1n) is 4.59. The molecule has 1 rings (SSSR count). The average molecular weight is 205 g/mol. The zero-order chi connectivity index (χ0) is 11.3. The van der Waals surface area contributed by atoms with Crippen LogP contribution >= 0.6 is 0 Å². The highest BCUT2D eigenvalue weighted by atomic mass is 19.1. The van der Waals surface area contributed by atoms with E-state index in [0.29, 0.717) is 6.54 Å². The summed E-state index contributed by atoms with van der Waals surface area (Å²) >= 11 is 0. The highest BCUT2D eigenvalue weighted by Gasteiger charge is 1.95. The number of hydrogen-bond acceptors (Lipinski definition) is 1. The molecular formula is C12H12FNO. The molecule has 0 saturated heterocycles. The van der Waals surface area contributed by atoms with Crippen LogP contribution in [0.15, 0.2) is 18.2 Å². The van der Waals surface area contributed by atoms with Crippen molar-refractivity contribution in [2.75, 3.05) is 6.54 Å². The van der Waals surface area contributed by atoms with Crippen LogP contribution in [0.5, 0.6) is 0 Å². The predicted octanol–water partition coefficient (Wildman–Crippen LogP) is 1.62. The van der Waals surface area contributed by atoms with E-state index in [9.17, 15) is 9.18 Å². The number of benzene rings is 1. The molecule has 0 bridgehead atoms. The van der Waals surface area contributed by atoms with Crippen molar-refractivity contribution in [2.45, 2.75) is 13.8 Å². The molecule has 3 heteroatoms. The second kappa shape index (κ2) is 5.16. The first kappa shape index (κ1) is 11.3. The van der Waals surface area contributed by atoms with Gasteiger partial charge in [0.1, 0.15) is 5.82 Å². The second-order valence-corrected chi connectivity index (χ2v) is 3.17. The molecule has 0 aromatic heterocycles. The normalized spacial score (nSPS) is 9.00. The lowest BCUT2D eigenvalue weighted by atomic mass is 10.1. The van der Waals surface area contributed by atoms with Gasteiger partial charge in [0.2, 0.25) is 5.91 Å². The smallest absolute Gasteiger partial charge is 0.217 e. The zero-order valence-corrected chi connectivity index (χ0v) is 8.73. The maximum atomic E-state index is 12.7. The fourth-order valence-electron chi connectivity index (χ4n) is 1.08. The number of rotatable bonds is 1. The summed E-state index contributed by atoms with van der Waals surface area (Å²) in [6.45, 7) is 3.54. The fraction of sp³-hybridized carbons (Fsp3) is 0.250. The molecular weight excluding hydrogens is 193 g/mol. The third kappa shape index (κ3) is 3.82. The van der Waals surface area contributed by atoms with Crippen LogP contribution in [-0.4, -0.2) is 12.5 Å². The highest BCUT2D eigenvalue weighted by molar-refractivity contribution is 5.73. The van der Waals surface area contributed by atoms with E-state index in [1.54, 1.807) is 13.0 Å². The topological polar surface area (TPSA) is 29.1 Å². The summed E-state index contributed by atoms with van der Waals surface area (Å²) in [5.74, 6) is 5.28. The molecule has 0 heterocycles. The summed E-state index contributed by atoms with van der Waals surface area (Å²) in [5.41, 5.74) is 1.58. The van der Waals surface area contributed by atoms with Crippen molar-refractivity contribution in [1.82, 2.24) is 5.32 Å². The van der Waals surface area contributed by atoms with E-state index in [1.807, 2.05) is 0 Å². The molecule has 2 nitrogen and oxygen atoms in total. The Balaban J connectivity index is 2.67. The van der Waals surface area contributed by atoms with Gasteiger partial charge in [-0.3, -0.25) is 4.79 Å². The average Bonchev–Trinajstić information content (AvgIpc) is 2.14. The first-order chi connectivity index (χ1) is 7.09. The van der Waals surface area contributed by atoms with E-state index in [2.05, 4.69) is 17.2 Å². The lowest BCUT2D eigenvalue weighted by Crippen LogP contribution is -2.19. The standard InChI is InChI=1S/C12H12FNO/c1-9-8-12(13)6-5-11(9)4-3-7-14-10(2)15/h5-6,8H,7H2,1-2H3,(H,14,15). The Morgan fingerprint density at radius 3 is 2.87 bits per heavy atom. The minimum atomic E-state index is -0.264. The second-order valence-electron chi connectivity index (χ2n) is 3.17. The van der Waals surface area contributed by atoms with Crippen LogP contribution in [0.1, 0.15) is 18.1 Å². The van der Waals surface area contributed by atoms with Crippen molar-refractivity contribution in [2.24, 2.45) is 0 Å². The van der Waals surface area contributed by atoms with Crippen molar-refractivity contribution in [3.63, 3.8) is 0 Å². The van der Waals surface area contributed by atoms with E-state index in [0.717, 1.165) is 11.1 Å². The Hall–Kier alpha value is -1.82. The Kier molecular flexibility index (Phi) is 3.87. The van der Waals surface area contributed by atoms with E-state index < -0.39 is 0 Å². The molecule has 1 aromatic rings. The molecule has 0 aliphatic rings. The van der Waals surface area contributed by atoms with Crippen LogP contribution in [0, 0.1) is 24.6 Å². The van der Waals surface area contributed by atoms with Crippen LogP contribution in [0.3, 0.4) is 0 Å². The molecule has 0 saturated carbocycles. The molecule has 1 aromatic carbocycles. The van der Waals surface area contributed by atoms with E-state index in [1.165, 1.54) is 19.1 Å². The summed E-state index contributed by atoms with van der Waals surface area (Å²) in [7, 11) is 0. The van der Waals surface area contributed by atoms with Crippen LogP contribution < -0.4 is 5.32 Å². The number of carbonyl (C=O) groups excluding carboxylic acids is 1. The Labute approximate surface area is 88.5 Å². The van der Waals surface area contributed by atoms with Crippen LogP contribution in [0.4, 0.5) is 4.39 Å². The molecule has 15 heavy (non-hydrogen) atoms. The molecule has 0 atom stereocenters. The van der Waals surface area contributed by atoms with E-state index in [4.69, 9.17) is 0 Å². The largest absolute Gasteiger partial charge is 0.345 e. The molecule has 0 fully saturated rings. The third-order valence-corrected chi connectivity index (χ3v) is 1.84. The Morgan fingerprint density at radius 1 is 1.53 bits per heavy atom. The SMILES string of the molecule is CC(=O)NCC#Cc1ccc(F)cc1C. The lowest BCUT2D eigenvalue weighted by molar-refractivity contribution is -0.118. The number of hydrogen-bond donors (Lipinski definition) is 1. The van der Waals surface area contributed by atoms with Gasteiger partial charge < -0.3 is 5.32 Å². The number of amides is 1.